The summed E-state index contributed by atoms with van der Waals surface area (Å²) in [6.07, 6.45) is 3.28. The third kappa shape index (κ3) is 10.7. The number of nitrogens with one attached hydrogen (secondary N) is 4. The molecule has 35 heavy (non-hydrogen) atoms. The van der Waals surface area contributed by atoms with Crippen LogP contribution >= 0.6 is 11.8 Å². The Hall–Kier alpha value is -3.17. The molecule has 5 atom stereocenters. The molecule has 1 rings (SSSR count). The number of H-pyrrole nitrogens is 1. The maximum atomic E-state index is 13.1. The summed E-state index contributed by atoms with van der Waals surface area (Å²) in [5, 5.41) is 26.1. The molecule has 15 heteroatoms. The Kier molecular flexibility index (Phi) is 12.8. The highest BCUT2D eigenvalue weighted by molar-refractivity contribution is 7.98. The molecule has 14 nitrogen and oxygen atoms in total. The number of primary amides is 1. The van der Waals surface area contributed by atoms with Crippen LogP contribution in [0.5, 0.6) is 0 Å². The van der Waals surface area contributed by atoms with Gasteiger partial charge in [-0.05, 0) is 31.8 Å². The largest absolute Gasteiger partial charge is 0.480 e. The van der Waals surface area contributed by atoms with Gasteiger partial charge in [0.15, 0.2) is 6.04 Å². The van der Waals surface area contributed by atoms with Crippen molar-refractivity contribution >= 4 is 41.4 Å². The maximum Gasteiger partial charge on any atom is 0.328 e. The monoisotopic (exact) mass is 515 g/mol. The number of amides is 4. The summed E-state index contributed by atoms with van der Waals surface area (Å²) in [6.45, 7) is 1.21. The van der Waals surface area contributed by atoms with E-state index in [0.29, 0.717) is 11.4 Å². The molecule has 0 aromatic carbocycles. The first-order valence-corrected chi connectivity index (χ1v) is 12.2. The SMILES string of the molecule is CSCCC(NC(=O)C(Cc1cnc[nH]1)NC(=O)C(N)CCC(N)=O)C(=O)NC(C(=O)O)C(C)O. The Morgan fingerprint density at radius 1 is 1.09 bits per heavy atom. The van der Waals surface area contributed by atoms with Gasteiger partial charge in [-0.25, -0.2) is 9.78 Å². The quantitative estimate of drug-likeness (QED) is 0.112. The third-order valence-electron chi connectivity index (χ3n) is 4.94. The van der Waals surface area contributed by atoms with Gasteiger partial charge in [0, 0.05) is 24.7 Å². The van der Waals surface area contributed by atoms with Crippen molar-refractivity contribution in [2.45, 2.75) is 62.9 Å². The Labute approximate surface area is 206 Å². The fourth-order valence-corrected chi connectivity index (χ4v) is 3.42. The molecule has 196 valence electrons. The van der Waals surface area contributed by atoms with E-state index in [4.69, 9.17) is 11.5 Å². The van der Waals surface area contributed by atoms with E-state index in [-0.39, 0.29) is 25.7 Å². The van der Waals surface area contributed by atoms with E-state index >= 15 is 0 Å². The number of thioether (sulfide) groups is 1. The predicted molar refractivity (Wildman–Crippen MR) is 127 cm³/mol. The number of aliphatic hydroxyl groups is 1. The fourth-order valence-electron chi connectivity index (χ4n) is 2.95. The first-order chi connectivity index (χ1) is 16.5. The number of hydrogen-bond donors (Lipinski definition) is 8. The van der Waals surface area contributed by atoms with Crippen LogP contribution in [0.1, 0.15) is 31.9 Å². The third-order valence-corrected chi connectivity index (χ3v) is 5.58. The molecule has 0 aliphatic carbocycles. The van der Waals surface area contributed by atoms with Gasteiger partial charge < -0.3 is 42.6 Å². The van der Waals surface area contributed by atoms with E-state index in [1.807, 2.05) is 0 Å². The van der Waals surface area contributed by atoms with Gasteiger partial charge in [0.1, 0.15) is 12.1 Å². The minimum atomic E-state index is -1.57. The van der Waals surface area contributed by atoms with Gasteiger partial charge >= 0.3 is 5.97 Å². The van der Waals surface area contributed by atoms with Gasteiger partial charge in [-0.3, -0.25) is 19.2 Å². The highest BCUT2D eigenvalue weighted by Gasteiger charge is 2.32. The first-order valence-electron chi connectivity index (χ1n) is 10.8. The molecule has 0 saturated heterocycles. The van der Waals surface area contributed by atoms with E-state index in [1.165, 1.54) is 31.2 Å². The zero-order chi connectivity index (χ0) is 26.5. The standard InChI is InChI=1S/C20H33N7O7S/c1-10(28)16(20(33)34)27-18(31)13(5-6-35-2)25-19(32)14(7-11-8-23-9-24-11)26-17(30)12(21)3-4-15(22)29/h8-10,12-14,16,28H,3-7,21H2,1-2H3,(H2,22,29)(H,23,24)(H,25,32)(H,26,30)(H,27,31)(H,33,34). The Morgan fingerprint density at radius 3 is 2.23 bits per heavy atom. The number of carbonyl (C=O) groups excluding carboxylic acids is 4. The molecular formula is C20H33N7O7S. The van der Waals surface area contributed by atoms with Crippen LogP contribution in [0.25, 0.3) is 0 Å². The van der Waals surface area contributed by atoms with Gasteiger partial charge in [-0.2, -0.15) is 11.8 Å². The van der Waals surface area contributed by atoms with Gasteiger partial charge in [0.25, 0.3) is 0 Å². The number of hydrogen-bond acceptors (Lipinski definition) is 9. The second-order valence-electron chi connectivity index (χ2n) is 7.86. The van der Waals surface area contributed by atoms with E-state index in [9.17, 15) is 34.2 Å². The highest BCUT2D eigenvalue weighted by atomic mass is 32.2. The van der Waals surface area contributed by atoms with E-state index in [2.05, 4.69) is 25.9 Å². The van der Waals surface area contributed by atoms with Crippen LogP contribution < -0.4 is 27.4 Å². The summed E-state index contributed by atoms with van der Waals surface area (Å²) >= 11 is 1.41. The smallest absolute Gasteiger partial charge is 0.328 e. The lowest BCUT2D eigenvalue weighted by atomic mass is 10.1. The number of nitrogens with two attached hydrogens (primary N) is 2. The summed E-state index contributed by atoms with van der Waals surface area (Å²) < 4.78 is 0. The number of carboxylic acids is 1. The van der Waals surface area contributed by atoms with E-state index in [0.717, 1.165) is 0 Å². The molecular weight excluding hydrogens is 482 g/mol. The number of carboxylic acid groups (broad SMARTS) is 1. The molecule has 0 saturated carbocycles. The molecule has 10 N–H and O–H groups in total. The lowest BCUT2D eigenvalue weighted by Gasteiger charge is -2.25. The Morgan fingerprint density at radius 2 is 1.71 bits per heavy atom. The van der Waals surface area contributed by atoms with Crippen LogP contribution in [0.3, 0.4) is 0 Å². The van der Waals surface area contributed by atoms with Gasteiger partial charge in [0.2, 0.25) is 23.6 Å². The number of imidazole rings is 1. The summed E-state index contributed by atoms with van der Waals surface area (Å²) in [6, 6.07) is -4.98. The topological polar surface area (TPSA) is 243 Å². The van der Waals surface area contributed by atoms with Gasteiger partial charge in [-0.1, -0.05) is 0 Å². The number of aromatic amines is 1. The number of carbonyl (C=O) groups is 5. The minimum Gasteiger partial charge on any atom is -0.480 e. The van der Waals surface area contributed by atoms with E-state index < -0.39 is 59.9 Å². The van der Waals surface area contributed by atoms with Crippen molar-refractivity contribution in [2.75, 3.05) is 12.0 Å². The average molecular weight is 516 g/mol. The van der Waals surface area contributed by atoms with Crippen LogP contribution in [0, 0.1) is 0 Å². The molecule has 0 fully saturated rings. The van der Waals surface area contributed by atoms with Crippen LogP contribution in [0.4, 0.5) is 0 Å². The summed E-state index contributed by atoms with van der Waals surface area (Å²) in [5.41, 5.74) is 11.4. The molecule has 1 heterocycles. The van der Waals surface area contributed by atoms with Crippen molar-refractivity contribution in [1.82, 2.24) is 25.9 Å². The molecule has 1 aromatic heterocycles. The molecule has 4 amide bonds. The Balaban J connectivity index is 3.01. The number of aliphatic hydroxyl groups excluding tert-OH is 1. The van der Waals surface area contributed by atoms with Crippen molar-refractivity contribution in [2.24, 2.45) is 11.5 Å². The Bertz CT molecular complexity index is 866. The van der Waals surface area contributed by atoms with Crippen molar-refractivity contribution in [1.29, 1.82) is 0 Å². The lowest BCUT2D eigenvalue weighted by Crippen LogP contribution is -2.58. The van der Waals surface area contributed by atoms with Crippen LogP contribution in [-0.2, 0) is 30.4 Å². The molecule has 1 aromatic rings. The molecule has 0 spiro atoms. The number of aromatic nitrogens is 2. The zero-order valence-corrected chi connectivity index (χ0v) is 20.3. The van der Waals surface area contributed by atoms with E-state index in [1.54, 1.807) is 6.26 Å². The van der Waals surface area contributed by atoms with Gasteiger partial charge in [-0.15, -0.1) is 0 Å². The molecule has 0 radical (unpaired) electrons. The lowest BCUT2D eigenvalue weighted by molar-refractivity contribution is -0.145. The van der Waals surface area contributed by atoms with Crippen LogP contribution in [0.2, 0.25) is 0 Å². The molecule has 0 aliphatic heterocycles. The summed E-state index contributed by atoms with van der Waals surface area (Å²) in [7, 11) is 0. The molecule has 0 bridgehead atoms. The maximum absolute atomic E-state index is 13.1. The number of rotatable bonds is 16. The predicted octanol–water partition coefficient (Wildman–Crippen LogP) is -2.78. The van der Waals surface area contributed by atoms with Gasteiger partial charge in [0.05, 0.1) is 18.5 Å². The highest BCUT2D eigenvalue weighted by Crippen LogP contribution is 2.06. The normalized spacial score (nSPS) is 15.2. The van der Waals surface area contributed by atoms with Crippen LogP contribution in [0.15, 0.2) is 12.5 Å². The van der Waals surface area contributed by atoms with Crippen molar-refractivity contribution < 1.29 is 34.2 Å². The number of nitrogens with zero attached hydrogens (tertiary/aromatic N) is 1. The molecule has 0 aliphatic rings. The van der Waals surface area contributed by atoms with Crippen molar-refractivity contribution in [3.63, 3.8) is 0 Å². The zero-order valence-electron chi connectivity index (χ0n) is 19.5. The fraction of sp³-hybridized carbons (Fsp3) is 0.600. The minimum absolute atomic E-state index is 0.0115. The van der Waals surface area contributed by atoms with Crippen molar-refractivity contribution in [3.8, 4) is 0 Å². The average Bonchev–Trinajstić information content (AvgIpc) is 3.30. The van der Waals surface area contributed by atoms with Crippen LogP contribution in [-0.4, -0.2) is 92.1 Å². The molecule has 5 unspecified atom stereocenters. The number of aliphatic carboxylic acids is 1. The summed E-state index contributed by atoms with van der Waals surface area (Å²) in [5.74, 6) is -3.82. The summed E-state index contributed by atoms with van der Waals surface area (Å²) in [4.78, 5) is 67.4. The second-order valence-corrected chi connectivity index (χ2v) is 8.85. The van der Waals surface area contributed by atoms with Crippen molar-refractivity contribution in [3.05, 3.63) is 18.2 Å². The second kappa shape index (κ2) is 15.0. The first kappa shape index (κ1) is 29.9.